The molecule has 1 aromatic heterocycles. The minimum atomic E-state index is -3.99. The van der Waals surface area contributed by atoms with Gasteiger partial charge in [-0.1, -0.05) is 69.3 Å². The Labute approximate surface area is 180 Å². The number of rotatable bonds is 6. The summed E-state index contributed by atoms with van der Waals surface area (Å²) < 4.78 is 28.7. The molecule has 0 bridgehead atoms. The van der Waals surface area contributed by atoms with Crippen LogP contribution in [0, 0.1) is 0 Å². The van der Waals surface area contributed by atoms with Gasteiger partial charge in [-0.15, -0.1) is 11.3 Å². The van der Waals surface area contributed by atoms with Crippen molar-refractivity contribution in [3.63, 3.8) is 0 Å². The number of thiophene rings is 1. The molecule has 2 N–H and O–H groups in total. The maximum absolute atomic E-state index is 13.1. The van der Waals surface area contributed by atoms with E-state index in [1.165, 1.54) is 6.07 Å². The molecule has 0 aliphatic rings. The third-order valence-corrected chi connectivity index (χ3v) is 6.87. The quantitative estimate of drug-likeness (QED) is 0.480. The molecule has 0 atom stereocenters. The number of anilines is 1. The first-order valence-corrected chi connectivity index (χ1v) is 11.7. The minimum Gasteiger partial charge on any atom is -0.477 e. The minimum absolute atomic E-state index is 0.0498. The molecule has 0 aliphatic heterocycles. The number of benzene rings is 2. The molecule has 5 nitrogen and oxygen atoms in total. The molecule has 0 radical (unpaired) electrons. The maximum atomic E-state index is 13.1. The van der Waals surface area contributed by atoms with Crippen LogP contribution < -0.4 is 4.72 Å². The van der Waals surface area contributed by atoms with Crippen molar-refractivity contribution in [3.05, 3.63) is 81.5 Å². The molecule has 0 saturated carbocycles. The van der Waals surface area contributed by atoms with Gasteiger partial charge in [0.2, 0.25) is 0 Å². The van der Waals surface area contributed by atoms with Crippen molar-refractivity contribution in [2.45, 2.75) is 31.1 Å². The van der Waals surface area contributed by atoms with Gasteiger partial charge in [0, 0.05) is 0 Å². The predicted molar refractivity (Wildman–Crippen MR) is 123 cm³/mol. The molecule has 156 valence electrons. The van der Waals surface area contributed by atoms with Gasteiger partial charge in [-0.3, -0.25) is 4.72 Å². The highest BCUT2D eigenvalue weighted by Gasteiger charge is 2.23. The van der Waals surface area contributed by atoms with Gasteiger partial charge in [0.1, 0.15) is 4.88 Å². The summed E-state index contributed by atoms with van der Waals surface area (Å²) in [6, 6.07) is 16.3. The smallest absolute Gasteiger partial charge is 0.348 e. The van der Waals surface area contributed by atoms with Crippen molar-refractivity contribution in [3.8, 4) is 0 Å². The van der Waals surface area contributed by atoms with Crippen molar-refractivity contribution in [1.82, 2.24) is 0 Å². The largest absolute Gasteiger partial charge is 0.477 e. The summed E-state index contributed by atoms with van der Waals surface area (Å²) in [5, 5.41) is 10.8. The Morgan fingerprint density at radius 1 is 1.03 bits per heavy atom. The lowest BCUT2D eigenvalue weighted by molar-refractivity contribution is 0.0703. The van der Waals surface area contributed by atoms with Gasteiger partial charge in [0.15, 0.2) is 0 Å². The second-order valence-corrected chi connectivity index (χ2v) is 10.4. The molecule has 1 heterocycles. The molecule has 30 heavy (non-hydrogen) atoms. The first-order valence-electron chi connectivity index (χ1n) is 9.29. The predicted octanol–water partition coefficient (Wildman–Crippen LogP) is 5.72. The molecule has 0 spiro atoms. The summed E-state index contributed by atoms with van der Waals surface area (Å²) in [5.41, 5.74) is 2.38. The number of hydrogen-bond donors (Lipinski definition) is 2. The van der Waals surface area contributed by atoms with Gasteiger partial charge in [-0.2, -0.15) is 0 Å². The van der Waals surface area contributed by atoms with E-state index in [0.717, 1.165) is 22.5 Å². The van der Waals surface area contributed by atoms with Crippen LogP contribution in [0.1, 0.15) is 47.1 Å². The molecule has 0 aliphatic carbocycles. The van der Waals surface area contributed by atoms with Crippen LogP contribution in [-0.4, -0.2) is 19.5 Å². The fourth-order valence-corrected chi connectivity index (χ4v) is 4.90. The zero-order valence-corrected chi connectivity index (χ0v) is 18.5. The summed E-state index contributed by atoms with van der Waals surface area (Å²) in [6.07, 6.45) is 3.62. The molecule has 0 fully saturated rings. The molecule has 2 aromatic carbocycles. The fourth-order valence-electron chi connectivity index (χ4n) is 2.90. The summed E-state index contributed by atoms with van der Waals surface area (Å²) >= 11 is 0.971. The summed E-state index contributed by atoms with van der Waals surface area (Å²) in [4.78, 5) is 11.4. The van der Waals surface area contributed by atoms with Crippen molar-refractivity contribution in [2.75, 3.05) is 4.72 Å². The van der Waals surface area contributed by atoms with Crippen LogP contribution in [0.2, 0.25) is 0 Å². The second kappa shape index (κ2) is 8.45. The lowest BCUT2D eigenvalue weighted by Gasteiger charge is -2.21. The number of aromatic carboxylic acids is 1. The summed E-state index contributed by atoms with van der Waals surface area (Å²) in [5.74, 6) is -1.17. The van der Waals surface area contributed by atoms with E-state index in [0.29, 0.717) is 5.56 Å². The van der Waals surface area contributed by atoms with Gasteiger partial charge in [0.05, 0.1) is 10.6 Å². The van der Waals surface area contributed by atoms with Crippen molar-refractivity contribution in [2.24, 2.45) is 0 Å². The Morgan fingerprint density at radius 3 is 2.37 bits per heavy atom. The Morgan fingerprint density at radius 2 is 1.73 bits per heavy atom. The third-order valence-electron chi connectivity index (χ3n) is 4.52. The zero-order chi connectivity index (χ0) is 21.9. The van der Waals surface area contributed by atoms with E-state index in [1.807, 2.05) is 42.5 Å². The molecule has 0 amide bonds. The Kier molecular flexibility index (Phi) is 6.14. The number of carbonyl (C=O) groups is 1. The SMILES string of the molecule is CC(C)(C)c1ccc(S(=O)(=O)Nc2ccsc2C(=O)O)c(/C=C/c2ccccc2)c1. The maximum Gasteiger partial charge on any atom is 0.348 e. The Hall–Kier alpha value is -2.90. The standard InChI is InChI=1S/C23H23NO4S2/c1-23(2,3)18-11-12-20(17(15-18)10-9-16-7-5-4-6-8-16)30(27,28)24-19-13-14-29-21(19)22(25)26/h4-15,24H,1-3H3,(H,25,26)/b10-9+. The first-order chi connectivity index (χ1) is 14.1. The van der Waals surface area contributed by atoms with E-state index in [2.05, 4.69) is 25.5 Å². The second-order valence-electron chi connectivity index (χ2n) is 7.82. The Bertz CT molecular complexity index is 1190. The number of carboxylic acids is 1. The normalized spacial score (nSPS) is 12.2. The Balaban J connectivity index is 2.07. The van der Waals surface area contributed by atoms with Crippen molar-refractivity contribution in [1.29, 1.82) is 0 Å². The van der Waals surface area contributed by atoms with E-state index in [9.17, 15) is 18.3 Å². The van der Waals surface area contributed by atoms with Gasteiger partial charge in [-0.25, -0.2) is 13.2 Å². The van der Waals surface area contributed by atoms with Crippen LogP contribution in [0.5, 0.6) is 0 Å². The lowest BCUT2D eigenvalue weighted by Crippen LogP contribution is -2.17. The molecule has 3 rings (SSSR count). The van der Waals surface area contributed by atoms with Crippen molar-refractivity contribution >= 4 is 45.2 Å². The van der Waals surface area contributed by atoms with Crippen LogP contribution in [0.4, 0.5) is 5.69 Å². The van der Waals surface area contributed by atoms with Crippen LogP contribution in [-0.2, 0) is 15.4 Å². The van der Waals surface area contributed by atoms with Crippen LogP contribution in [0.25, 0.3) is 12.2 Å². The average molecular weight is 442 g/mol. The highest BCUT2D eigenvalue weighted by atomic mass is 32.2. The van der Waals surface area contributed by atoms with E-state index >= 15 is 0 Å². The zero-order valence-electron chi connectivity index (χ0n) is 16.9. The molecular formula is C23H23NO4S2. The molecule has 3 aromatic rings. The average Bonchev–Trinajstić information content (AvgIpc) is 3.14. The van der Waals surface area contributed by atoms with E-state index in [-0.39, 0.29) is 20.9 Å². The van der Waals surface area contributed by atoms with E-state index in [1.54, 1.807) is 23.6 Å². The van der Waals surface area contributed by atoms with Crippen LogP contribution in [0.3, 0.4) is 0 Å². The van der Waals surface area contributed by atoms with E-state index in [4.69, 9.17) is 0 Å². The molecule has 0 unspecified atom stereocenters. The van der Waals surface area contributed by atoms with Gasteiger partial charge in [-0.05, 0) is 45.7 Å². The van der Waals surface area contributed by atoms with Gasteiger partial charge in [0.25, 0.3) is 10.0 Å². The molecule has 7 heteroatoms. The number of nitrogens with one attached hydrogen (secondary N) is 1. The topological polar surface area (TPSA) is 83.5 Å². The number of sulfonamides is 1. The third kappa shape index (κ3) is 4.98. The van der Waals surface area contributed by atoms with Gasteiger partial charge >= 0.3 is 5.97 Å². The monoisotopic (exact) mass is 441 g/mol. The number of carboxylic acid groups (broad SMARTS) is 1. The molecular weight excluding hydrogens is 418 g/mol. The number of hydrogen-bond acceptors (Lipinski definition) is 4. The van der Waals surface area contributed by atoms with E-state index < -0.39 is 16.0 Å². The fraction of sp³-hybridized carbons (Fsp3) is 0.174. The summed E-state index contributed by atoms with van der Waals surface area (Å²) in [7, 11) is -3.99. The highest BCUT2D eigenvalue weighted by Crippen LogP contribution is 2.30. The lowest BCUT2D eigenvalue weighted by atomic mass is 9.86. The van der Waals surface area contributed by atoms with Crippen LogP contribution >= 0.6 is 11.3 Å². The van der Waals surface area contributed by atoms with Gasteiger partial charge < -0.3 is 5.11 Å². The van der Waals surface area contributed by atoms with Crippen molar-refractivity contribution < 1.29 is 18.3 Å². The first kappa shape index (κ1) is 21.8. The summed E-state index contributed by atoms with van der Waals surface area (Å²) in [6.45, 7) is 6.18. The molecule has 0 saturated heterocycles. The highest BCUT2D eigenvalue weighted by molar-refractivity contribution is 7.92. The van der Waals surface area contributed by atoms with Crippen LogP contribution in [0.15, 0.2) is 64.9 Å².